The Balaban J connectivity index is 2.09. The van der Waals surface area contributed by atoms with Gasteiger partial charge < -0.3 is 10.0 Å². The second-order valence-electron chi connectivity index (χ2n) is 5.09. The van der Waals surface area contributed by atoms with E-state index in [4.69, 9.17) is 0 Å². The number of nitro groups is 1. The predicted octanol–water partition coefficient (Wildman–Crippen LogP) is 3.59. The number of aromatic hydroxyl groups is 1. The Hall–Kier alpha value is -3.09. The Labute approximate surface area is 140 Å². The normalized spacial score (nSPS) is 10.8. The quantitative estimate of drug-likeness (QED) is 0.460. The number of rotatable bonds is 7. The van der Waals surface area contributed by atoms with Crippen LogP contribution in [0.25, 0.3) is 0 Å². The number of nitro benzene ring substituents is 1. The molecular formula is C17H20N4O3. The van der Waals surface area contributed by atoms with E-state index >= 15 is 0 Å². The molecule has 24 heavy (non-hydrogen) atoms. The lowest BCUT2D eigenvalue weighted by atomic mass is 10.2. The highest BCUT2D eigenvalue weighted by atomic mass is 16.6. The maximum atomic E-state index is 10.7. The Morgan fingerprint density at radius 2 is 2.00 bits per heavy atom. The van der Waals surface area contributed by atoms with Crippen molar-refractivity contribution in [3.05, 3.63) is 58.1 Å². The first-order valence-electron chi connectivity index (χ1n) is 7.66. The zero-order valence-corrected chi connectivity index (χ0v) is 13.6. The van der Waals surface area contributed by atoms with E-state index in [0.29, 0.717) is 11.3 Å². The highest BCUT2D eigenvalue weighted by Crippen LogP contribution is 2.23. The van der Waals surface area contributed by atoms with Crippen molar-refractivity contribution in [1.82, 2.24) is 0 Å². The SMILES string of the molecule is CCN(CC)c1ccc(/C=N/Nc2cccc([N+](=O)[O-])c2)c(O)c1. The summed E-state index contributed by atoms with van der Waals surface area (Å²) < 4.78 is 0. The number of benzene rings is 2. The molecule has 0 aliphatic rings. The molecule has 0 atom stereocenters. The average molecular weight is 328 g/mol. The second-order valence-corrected chi connectivity index (χ2v) is 5.09. The molecule has 0 heterocycles. The van der Waals surface area contributed by atoms with Crippen LogP contribution in [0.5, 0.6) is 5.75 Å². The number of anilines is 2. The van der Waals surface area contributed by atoms with E-state index in [1.165, 1.54) is 18.3 Å². The van der Waals surface area contributed by atoms with Crippen molar-refractivity contribution in [2.24, 2.45) is 5.10 Å². The summed E-state index contributed by atoms with van der Waals surface area (Å²) in [4.78, 5) is 12.4. The summed E-state index contributed by atoms with van der Waals surface area (Å²) >= 11 is 0. The van der Waals surface area contributed by atoms with Crippen LogP contribution in [0.3, 0.4) is 0 Å². The van der Waals surface area contributed by atoms with E-state index in [2.05, 4.69) is 29.3 Å². The first kappa shape index (κ1) is 17.3. The van der Waals surface area contributed by atoms with Gasteiger partial charge in [-0.2, -0.15) is 5.10 Å². The number of hydrazone groups is 1. The van der Waals surface area contributed by atoms with Gasteiger partial charge in [-0.05, 0) is 32.0 Å². The minimum absolute atomic E-state index is 0.0124. The maximum absolute atomic E-state index is 10.7. The fourth-order valence-electron chi connectivity index (χ4n) is 2.29. The average Bonchev–Trinajstić information content (AvgIpc) is 2.58. The van der Waals surface area contributed by atoms with Crippen molar-refractivity contribution in [2.75, 3.05) is 23.4 Å². The van der Waals surface area contributed by atoms with Gasteiger partial charge in [0.2, 0.25) is 0 Å². The number of nitrogens with zero attached hydrogens (tertiary/aromatic N) is 3. The predicted molar refractivity (Wildman–Crippen MR) is 96.0 cm³/mol. The van der Waals surface area contributed by atoms with Gasteiger partial charge in [-0.1, -0.05) is 6.07 Å². The van der Waals surface area contributed by atoms with Crippen molar-refractivity contribution in [3.8, 4) is 5.75 Å². The number of non-ortho nitro benzene ring substituents is 1. The van der Waals surface area contributed by atoms with E-state index in [1.54, 1.807) is 24.3 Å². The lowest BCUT2D eigenvalue weighted by molar-refractivity contribution is -0.384. The third kappa shape index (κ3) is 4.22. The van der Waals surface area contributed by atoms with Gasteiger partial charge in [-0.25, -0.2) is 0 Å². The lowest BCUT2D eigenvalue weighted by Gasteiger charge is -2.21. The number of phenols is 1. The van der Waals surface area contributed by atoms with Crippen LogP contribution in [0.2, 0.25) is 0 Å². The molecule has 0 aliphatic carbocycles. The van der Waals surface area contributed by atoms with Crippen LogP contribution < -0.4 is 10.3 Å². The van der Waals surface area contributed by atoms with Crippen molar-refractivity contribution >= 4 is 23.3 Å². The zero-order chi connectivity index (χ0) is 17.5. The van der Waals surface area contributed by atoms with Crippen LogP contribution >= 0.6 is 0 Å². The molecule has 0 saturated carbocycles. The molecule has 0 fully saturated rings. The number of phenolic OH excluding ortho intramolecular Hbond substituents is 1. The molecule has 0 saturated heterocycles. The minimum Gasteiger partial charge on any atom is -0.507 e. The molecule has 0 aromatic heterocycles. The fourth-order valence-corrected chi connectivity index (χ4v) is 2.29. The number of hydrogen-bond donors (Lipinski definition) is 2. The van der Waals surface area contributed by atoms with Crippen molar-refractivity contribution in [1.29, 1.82) is 0 Å². The molecule has 0 spiro atoms. The van der Waals surface area contributed by atoms with Crippen LogP contribution in [0.15, 0.2) is 47.6 Å². The first-order chi connectivity index (χ1) is 11.5. The fraction of sp³-hybridized carbons (Fsp3) is 0.235. The van der Waals surface area contributed by atoms with Crippen LogP contribution in [-0.4, -0.2) is 29.3 Å². The molecule has 0 aliphatic heterocycles. The van der Waals surface area contributed by atoms with Crippen molar-refractivity contribution in [2.45, 2.75) is 13.8 Å². The summed E-state index contributed by atoms with van der Waals surface area (Å²) in [6, 6.07) is 11.4. The van der Waals surface area contributed by atoms with E-state index in [9.17, 15) is 15.2 Å². The largest absolute Gasteiger partial charge is 0.507 e. The molecule has 7 heteroatoms. The van der Waals surface area contributed by atoms with Gasteiger partial charge in [0.25, 0.3) is 5.69 Å². The van der Waals surface area contributed by atoms with E-state index < -0.39 is 4.92 Å². The molecule has 0 radical (unpaired) electrons. The first-order valence-corrected chi connectivity index (χ1v) is 7.66. The highest BCUT2D eigenvalue weighted by molar-refractivity contribution is 5.85. The van der Waals surface area contributed by atoms with Gasteiger partial charge in [0, 0.05) is 42.5 Å². The van der Waals surface area contributed by atoms with E-state index in [0.717, 1.165) is 18.8 Å². The van der Waals surface area contributed by atoms with Crippen molar-refractivity contribution in [3.63, 3.8) is 0 Å². The molecule has 0 bridgehead atoms. The van der Waals surface area contributed by atoms with Gasteiger partial charge in [-0.3, -0.25) is 15.5 Å². The van der Waals surface area contributed by atoms with Crippen LogP contribution in [0.4, 0.5) is 17.1 Å². The maximum Gasteiger partial charge on any atom is 0.271 e. The van der Waals surface area contributed by atoms with Crippen LogP contribution in [-0.2, 0) is 0 Å². The Morgan fingerprint density at radius 3 is 2.62 bits per heavy atom. The molecular weight excluding hydrogens is 308 g/mol. The zero-order valence-electron chi connectivity index (χ0n) is 13.6. The molecule has 2 rings (SSSR count). The van der Waals surface area contributed by atoms with Gasteiger partial charge in [0.1, 0.15) is 5.75 Å². The Morgan fingerprint density at radius 1 is 1.25 bits per heavy atom. The standard InChI is InChI=1S/C17H20N4O3/c1-3-20(4-2)15-9-8-13(17(22)11-15)12-18-19-14-6-5-7-16(10-14)21(23)24/h5-12,19,22H,3-4H2,1-2H3/b18-12+. The topological polar surface area (TPSA) is 91.0 Å². The number of hydrogen-bond acceptors (Lipinski definition) is 6. The molecule has 0 unspecified atom stereocenters. The number of nitrogens with one attached hydrogen (secondary N) is 1. The van der Waals surface area contributed by atoms with E-state index in [-0.39, 0.29) is 11.4 Å². The van der Waals surface area contributed by atoms with Gasteiger partial charge in [0.15, 0.2) is 0 Å². The minimum atomic E-state index is -0.466. The van der Waals surface area contributed by atoms with Crippen molar-refractivity contribution < 1.29 is 10.0 Å². The molecule has 0 amide bonds. The lowest BCUT2D eigenvalue weighted by Crippen LogP contribution is -2.21. The van der Waals surface area contributed by atoms with Gasteiger partial charge in [0.05, 0.1) is 16.8 Å². The molecule has 7 nitrogen and oxygen atoms in total. The van der Waals surface area contributed by atoms with Crippen LogP contribution in [0, 0.1) is 10.1 Å². The second kappa shape index (κ2) is 7.96. The van der Waals surface area contributed by atoms with Gasteiger partial charge in [-0.15, -0.1) is 0 Å². The molecule has 2 aromatic carbocycles. The molecule has 126 valence electrons. The smallest absolute Gasteiger partial charge is 0.271 e. The Bertz CT molecular complexity index is 742. The van der Waals surface area contributed by atoms with Gasteiger partial charge >= 0.3 is 0 Å². The summed E-state index contributed by atoms with van der Waals surface area (Å²) in [5.41, 5.74) is 4.71. The van der Waals surface area contributed by atoms with E-state index in [1.807, 2.05) is 6.07 Å². The summed E-state index contributed by atoms with van der Waals surface area (Å²) in [6.45, 7) is 5.83. The Kier molecular flexibility index (Phi) is 5.73. The molecule has 2 N–H and O–H groups in total. The van der Waals surface area contributed by atoms with Crippen LogP contribution in [0.1, 0.15) is 19.4 Å². The molecule has 2 aromatic rings. The summed E-state index contributed by atoms with van der Waals surface area (Å²) in [5, 5.41) is 24.9. The third-order valence-corrected chi connectivity index (χ3v) is 3.60. The summed E-state index contributed by atoms with van der Waals surface area (Å²) in [5.74, 6) is 0.129. The third-order valence-electron chi connectivity index (χ3n) is 3.60. The summed E-state index contributed by atoms with van der Waals surface area (Å²) in [6.07, 6.45) is 1.47. The summed E-state index contributed by atoms with van der Waals surface area (Å²) in [7, 11) is 0. The monoisotopic (exact) mass is 328 g/mol. The highest BCUT2D eigenvalue weighted by Gasteiger charge is 2.06.